The van der Waals surface area contributed by atoms with E-state index in [1.807, 2.05) is 0 Å². The molecule has 3 aromatic rings. The van der Waals surface area contributed by atoms with E-state index in [1.54, 1.807) is 24.3 Å². The van der Waals surface area contributed by atoms with Crippen molar-refractivity contribution < 1.29 is 27.6 Å². The van der Waals surface area contributed by atoms with Gasteiger partial charge in [-0.2, -0.15) is 8.42 Å². The predicted octanol–water partition coefficient (Wildman–Crippen LogP) is 1.37. The first-order valence-electron chi connectivity index (χ1n) is 10.8. The summed E-state index contributed by atoms with van der Waals surface area (Å²) in [6.45, 7) is -0.408. The number of nitrogens with two attached hydrogens (primary N) is 2. The van der Waals surface area contributed by atoms with Crippen LogP contribution in [0.3, 0.4) is 0 Å². The standard InChI is InChI=1S/C21H22BrClN6O6S2/c22-15-3-1-2-12(28-15)16(24)10-5-14(36-20(10)23)18(31)11-6-26-8-27-21(11)29-13-4-9(17(30)19(13)32)7-35-37(25,33)34/h1-3,5-6,8-9,13,16-17,19,30,32H,4,7,24H2,(H2,25,33,34)(H,26,27,29)/t9-,13?,16+,17-,19+/m1/s1. The predicted molar refractivity (Wildman–Crippen MR) is 139 cm³/mol. The molecule has 3 heterocycles. The smallest absolute Gasteiger partial charge is 0.333 e. The van der Waals surface area contributed by atoms with Gasteiger partial charge in [0.15, 0.2) is 0 Å². The number of ketones is 1. The Morgan fingerprint density at radius 1 is 1.35 bits per heavy atom. The number of aromatic nitrogens is 3. The van der Waals surface area contributed by atoms with Crippen molar-refractivity contribution in [3.8, 4) is 0 Å². The van der Waals surface area contributed by atoms with E-state index < -0.39 is 52.9 Å². The highest BCUT2D eigenvalue weighted by Gasteiger charge is 2.42. The van der Waals surface area contributed by atoms with Gasteiger partial charge in [0.25, 0.3) is 0 Å². The lowest BCUT2D eigenvalue weighted by Crippen LogP contribution is -2.36. The first-order valence-corrected chi connectivity index (χ1v) is 14.2. The van der Waals surface area contributed by atoms with Gasteiger partial charge in [0.1, 0.15) is 22.9 Å². The maximum atomic E-state index is 13.4. The molecule has 198 valence electrons. The molecule has 37 heavy (non-hydrogen) atoms. The van der Waals surface area contributed by atoms with Crippen molar-refractivity contribution in [2.45, 2.75) is 30.7 Å². The van der Waals surface area contributed by atoms with E-state index in [1.165, 1.54) is 12.5 Å². The number of hydrogen-bond acceptors (Lipinski definition) is 12. The van der Waals surface area contributed by atoms with Gasteiger partial charge in [-0.05, 0) is 40.5 Å². The molecule has 1 saturated carbocycles. The fourth-order valence-corrected chi connectivity index (χ4v) is 6.03. The third-order valence-electron chi connectivity index (χ3n) is 5.85. The van der Waals surface area contributed by atoms with E-state index in [0.717, 1.165) is 11.3 Å². The van der Waals surface area contributed by atoms with Crippen LogP contribution in [0.5, 0.6) is 0 Å². The molecule has 12 nitrogen and oxygen atoms in total. The zero-order chi connectivity index (χ0) is 26.9. The topological polar surface area (TPSA) is 204 Å². The van der Waals surface area contributed by atoms with Crippen LogP contribution in [-0.2, 0) is 14.5 Å². The highest BCUT2D eigenvalue weighted by molar-refractivity contribution is 9.10. The summed E-state index contributed by atoms with van der Waals surface area (Å²) in [5, 5.41) is 28.6. The second kappa shape index (κ2) is 11.3. The summed E-state index contributed by atoms with van der Waals surface area (Å²) >= 11 is 10.8. The van der Waals surface area contributed by atoms with Gasteiger partial charge >= 0.3 is 10.3 Å². The molecule has 7 N–H and O–H groups in total. The summed E-state index contributed by atoms with van der Waals surface area (Å²) in [4.78, 5) is 26.1. The molecule has 0 bridgehead atoms. The average Bonchev–Trinajstić information content (AvgIpc) is 3.36. The number of nitrogens with one attached hydrogen (secondary N) is 1. The Labute approximate surface area is 229 Å². The first kappa shape index (κ1) is 27.9. The molecule has 4 rings (SSSR count). The van der Waals surface area contributed by atoms with Gasteiger partial charge in [-0.15, -0.1) is 11.3 Å². The monoisotopic (exact) mass is 632 g/mol. The van der Waals surface area contributed by atoms with Crippen molar-refractivity contribution in [1.29, 1.82) is 0 Å². The lowest BCUT2D eigenvalue weighted by molar-refractivity contribution is 0.00778. The van der Waals surface area contributed by atoms with Gasteiger partial charge in [-0.1, -0.05) is 17.7 Å². The maximum absolute atomic E-state index is 13.4. The van der Waals surface area contributed by atoms with Crippen LogP contribution in [-0.4, -0.2) is 64.2 Å². The molecule has 0 amide bonds. The minimum atomic E-state index is -4.21. The number of thiophene rings is 1. The minimum Gasteiger partial charge on any atom is -0.390 e. The molecule has 1 aliphatic rings. The largest absolute Gasteiger partial charge is 0.390 e. The molecule has 16 heteroatoms. The normalized spacial score (nSPS) is 22.6. The quantitative estimate of drug-likeness (QED) is 0.168. The molecule has 0 spiro atoms. The summed E-state index contributed by atoms with van der Waals surface area (Å²) in [5.74, 6) is -1.04. The molecule has 1 unspecified atom stereocenters. The Hall–Kier alpha value is -2.08. The third kappa shape index (κ3) is 6.50. The van der Waals surface area contributed by atoms with Gasteiger partial charge in [0.05, 0.1) is 45.3 Å². The number of carbonyl (C=O) groups excluding carboxylic acids is 1. The zero-order valence-electron chi connectivity index (χ0n) is 18.9. The van der Waals surface area contributed by atoms with E-state index >= 15 is 0 Å². The van der Waals surface area contributed by atoms with E-state index in [-0.39, 0.29) is 22.7 Å². The number of aliphatic hydroxyl groups excluding tert-OH is 2. The number of rotatable bonds is 9. The molecule has 0 aromatic carbocycles. The van der Waals surface area contributed by atoms with Crippen LogP contribution in [0.25, 0.3) is 0 Å². The van der Waals surface area contributed by atoms with Crippen LogP contribution in [0.4, 0.5) is 5.82 Å². The molecular formula is C21H22BrClN6O6S2. The number of hydrogen-bond donors (Lipinski definition) is 5. The number of pyridine rings is 1. The SMILES string of the molecule is N[C@H](c1cccc(Br)n1)c1cc(C(=O)c2cncnc2NC2C[C@H](COS(N)(=O)=O)[C@@H](O)[C@H]2O)sc1Cl. The van der Waals surface area contributed by atoms with E-state index in [2.05, 4.69) is 40.4 Å². The van der Waals surface area contributed by atoms with Crippen molar-refractivity contribution in [2.75, 3.05) is 11.9 Å². The number of nitrogens with zero attached hydrogens (tertiary/aromatic N) is 3. The maximum Gasteiger partial charge on any atom is 0.333 e. The summed E-state index contributed by atoms with van der Waals surface area (Å²) in [7, 11) is -4.21. The zero-order valence-corrected chi connectivity index (χ0v) is 22.8. The summed E-state index contributed by atoms with van der Waals surface area (Å²) < 4.78 is 27.7. The lowest BCUT2D eigenvalue weighted by Gasteiger charge is -2.19. The van der Waals surface area contributed by atoms with Crippen molar-refractivity contribution in [1.82, 2.24) is 15.0 Å². The Morgan fingerprint density at radius 3 is 2.81 bits per heavy atom. The van der Waals surface area contributed by atoms with Crippen LogP contribution in [0.2, 0.25) is 4.34 Å². The lowest BCUT2D eigenvalue weighted by atomic mass is 10.1. The van der Waals surface area contributed by atoms with Crippen LogP contribution in [0, 0.1) is 5.92 Å². The Balaban J connectivity index is 1.54. The summed E-state index contributed by atoms with van der Waals surface area (Å²) in [6, 6.07) is 5.47. The van der Waals surface area contributed by atoms with E-state index in [9.17, 15) is 23.4 Å². The summed E-state index contributed by atoms with van der Waals surface area (Å²) in [6.07, 6.45) is 0.0941. The molecule has 1 aliphatic carbocycles. The van der Waals surface area contributed by atoms with Crippen LogP contribution in [0.1, 0.15) is 39.0 Å². The minimum absolute atomic E-state index is 0.104. The third-order valence-corrected chi connectivity index (χ3v) is 8.15. The highest BCUT2D eigenvalue weighted by atomic mass is 79.9. The first-order chi connectivity index (χ1) is 17.4. The molecule has 5 atom stereocenters. The van der Waals surface area contributed by atoms with Crippen LogP contribution in [0.15, 0.2) is 41.4 Å². The van der Waals surface area contributed by atoms with Crippen molar-refractivity contribution in [2.24, 2.45) is 16.8 Å². The van der Waals surface area contributed by atoms with E-state index in [4.69, 9.17) is 22.5 Å². The molecule has 0 saturated heterocycles. The molecule has 1 fully saturated rings. The Bertz CT molecular complexity index is 1410. The van der Waals surface area contributed by atoms with Gasteiger partial charge < -0.3 is 21.3 Å². The fourth-order valence-electron chi connectivity index (χ4n) is 4.00. The number of anilines is 1. The van der Waals surface area contributed by atoms with Gasteiger partial charge in [-0.25, -0.2) is 20.1 Å². The Kier molecular flexibility index (Phi) is 8.57. The highest BCUT2D eigenvalue weighted by Crippen LogP contribution is 2.36. The van der Waals surface area contributed by atoms with Crippen LogP contribution >= 0.6 is 38.9 Å². The number of aliphatic hydroxyl groups is 2. The Morgan fingerprint density at radius 2 is 2.11 bits per heavy atom. The molecule has 3 aromatic heterocycles. The number of carbonyl (C=O) groups is 1. The number of halogens is 2. The second-order valence-electron chi connectivity index (χ2n) is 8.32. The molecule has 0 aliphatic heterocycles. The van der Waals surface area contributed by atoms with Gasteiger partial charge in [-0.3, -0.25) is 8.98 Å². The van der Waals surface area contributed by atoms with Gasteiger partial charge in [0.2, 0.25) is 5.78 Å². The second-order valence-corrected chi connectivity index (χ2v) is 12.0. The van der Waals surface area contributed by atoms with Crippen LogP contribution < -0.4 is 16.2 Å². The van der Waals surface area contributed by atoms with E-state index in [0.29, 0.717) is 20.2 Å². The van der Waals surface area contributed by atoms with Crippen molar-refractivity contribution in [3.05, 3.63) is 67.4 Å². The van der Waals surface area contributed by atoms with Gasteiger partial charge in [0, 0.05) is 17.7 Å². The average molecular weight is 634 g/mol. The molecular weight excluding hydrogens is 612 g/mol. The summed E-state index contributed by atoms with van der Waals surface area (Å²) in [5.41, 5.74) is 7.55. The fraction of sp³-hybridized carbons (Fsp3) is 0.333. The van der Waals surface area contributed by atoms with Crippen molar-refractivity contribution in [3.63, 3.8) is 0 Å². The molecule has 0 radical (unpaired) electrons. The van der Waals surface area contributed by atoms with Crippen molar-refractivity contribution >= 4 is 60.8 Å².